The minimum atomic E-state index is 0.660. The number of nitrogens with one attached hydrogen (secondary N) is 1. The first-order chi connectivity index (χ1) is 10.2. The zero-order valence-electron chi connectivity index (χ0n) is 14.5. The molecule has 1 N–H and O–H groups in total. The molecule has 1 aromatic carbocycles. The molecule has 1 aromatic rings. The lowest BCUT2D eigenvalue weighted by atomic mass is 10.1. The lowest BCUT2D eigenvalue weighted by Gasteiger charge is -2.29. The molecule has 2 nitrogen and oxygen atoms in total. The van der Waals surface area contributed by atoms with Crippen molar-refractivity contribution in [1.82, 2.24) is 10.2 Å². The Morgan fingerprint density at radius 3 is 2.38 bits per heavy atom. The molecule has 0 bridgehead atoms. The van der Waals surface area contributed by atoms with Crippen molar-refractivity contribution in [3.05, 3.63) is 35.4 Å². The van der Waals surface area contributed by atoms with Gasteiger partial charge in [-0.25, -0.2) is 0 Å². The van der Waals surface area contributed by atoms with Crippen LogP contribution in [0.15, 0.2) is 24.3 Å². The maximum absolute atomic E-state index is 3.53. The van der Waals surface area contributed by atoms with Crippen LogP contribution in [0.2, 0.25) is 0 Å². The summed E-state index contributed by atoms with van der Waals surface area (Å²) in [4.78, 5) is 2.64. The van der Waals surface area contributed by atoms with Crippen molar-refractivity contribution in [3.8, 4) is 0 Å². The zero-order chi connectivity index (χ0) is 15.5. The van der Waals surface area contributed by atoms with E-state index >= 15 is 0 Å². The number of nitrogens with zero attached hydrogens (tertiary/aromatic N) is 1. The van der Waals surface area contributed by atoms with Gasteiger partial charge in [0.05, 0.1) is 0 Å². The maximum Gasteiger partial charge on any atom is 0.0239 e. The summed E-state index contributed by atoms with van der Waals surface area (Å²) in [6.07, 6.45) is 4.98. The van der Waals surface area contributed by atoms with Gasteiger partial charge in [0.25, 0.3) is 0 Å². The second-order valence-electron chi connectivity index (χ2n) is 6.03. The van der Waals surface area contributed by atoms with E-state index in [1.807, 2.05) is 0 Å². The highest BCUT2D eigenvalue weighted by Gasteiger charge is 2.13. The predicted octanol–water partition coefficient (Wildman–Crippen LogP) is 4.59. The fourth-order valence-electron chi connectivity index (χ4n) is 2.58. The number of rotatable bonds is 11. The topological polar surface area (TPSA) is 15.3 Å². The fourth-order valence-corrected chi connectivity index (χ4v) is 2.58. The third kappa shape index (κ3) is 6.62. The zero-order valence-corrected chi connectivity index (χ0v) is 14.5. The minimum Gasteiger partial charge on any atom is -0.313 e. The van der Waals surface area contributed by atoms with Crippen LogP contribution in [0.25, 0.3) is 0 Å². The van der Waals surface area contributed by atoms with Gasteiger partial charge < -0.3 is 5.32 Å². The smallest absolute Gasteiger partial charge is 0.0239 e. The predicted molar refractivity (Wildman–Crippen MR) is 93.5 cm³/mol. The molecule has 0 spiro atoms. The molecule has 0 aromatic heterocycles. The molecule has 2 heteroatoms. The number of hydrogen-bond acceptors (Lipinski definition) is 2. The molecule has 0 aliphatic rings. The van der Waals surface area contributed by atoms with E-state index in [-0.39, 0.29) is 0 Å². The SMILES string of the molecule is CCCCN(Cc1ccccc1CNCCC)C(C)CC. The van der Waals surface area contributed by atoms with Gasteiger partial charge in [-0.15, -0.1) is 0 Å². The standard InChI is InChI=1S/C19H34N2/c1-5-8-14-21(17(4)7-3)16-19-12-10-9-11-18(19)15-20-13-6-2/h9-12,17,20H,5-8,13-16H2,1-4H3. The largest absolute Gasteiger partial charge is 0.313 e. The summed E-state index contributed by atoms with van der Waals surface area (Å²) in [5.74, 6) is 0. The molecule has 0 saturated heterocycles. The van der Waals surface area contributed by atoms with Crippen LogP contribution in [0.1, 0.15) is 64.5 Å². The van der Waals surface area contributed by atoms with E-state index in [1.54, 1.807) is 0 Å². The van der Waals surface area contributed by atoms with Gasteiger partial charge in [0.1, 0.15) is 0 Å². The Hall–Kier alpha value is -0.860. The van der Waals surface area contributed by atoms with Gasteiger partial charge in [-0.2, -0.15) is 0 Å². The highest BCUT2D eigenvalue weighted by atomic mass is 15.1. The summed E-state index contributed by atoms with van der Waals surface area (Å²) >= 11 is 0. The van der Waals surface area contributed by atoms with Crippen LogP contribution in [0.4, 0.5) is 0 Å². The Bertz CT molecular complexity index is 376. The highest BCUT2D eigenvalue weighted by Crippen LogP contribution is 2.16. The van der Waals surface area contributed by atoms with Crippen molar-refractivity contribution in [2.75, 3.05) is 13.1 Å². The molecule has 0 radical (unpaired) electrons. The van der Waals surface area contributed by atoms with E-state index in [2.05, 4.69) is 62.2 Å². The van der Waals surface area contributed by atoms with Crippen molar-refractivity contribution < 1.29 is 0 Å². The summed E-state index contributed by atoms with van der Waals surface area (Å²) in [7, 11) is 0. The normalized spacial score (nSPS) is 12.8. The minimum absolute atomic E-state index is 0.660. The van der Waals surface area contributed by atoms with Gasteiger partial charge in [-0.1, -0.05) is 51.5 Å². The number of unbranched alkanes of at least 4 members (excludes halogenated alkanes) is 1. The highest BCUT2D eigenvalue weighted by molar-refractivity contribution is 5.27. The molecule has 120 valence electrons. The van der Waals surface area contributed by atoms with E-state index in [9.17, 15) is 0 Å². The van der Waals surface area contributed by atoms with E-state index in [1.165, 1.54) is 43.4 Å². The first kappa shape index (κ1) is 18.2. The van der Waals surface area contributed by atoms with Crippen LogP contribution in [-0.2, 0) is 13.1 Å². The van der Waals surface area contributed by atoms with Crippen molar-refractivity contribution in [3.63, 3.8) is 0 Å². The Morgan fingerprint density at radius 1 is 1.05 bits per heavy atom. The summed E-state index contributed by atoms with van der Waals surface area (Å²) in [5, 5.41) is 3.53. The molecule has 0 aliphatic heterocycles. The van der Waals surface area contributed by atoms with E-state index in [4.69, 9.17) is 0 Å². The van der Waals surface area contributed by atoms with E-state index in [0.29, 0.717) is 6.04 Å². The second-order valence-corrected chi connectivity index (χ2v) is 6.03. The second kappa shape index (κ2) is 10.8. The lowest BCUT2D eigenvalue weighted by molar-refractivity contribution is 0.191. The van der Waals surface area contributed by atoms with Crippen LogP contribution in [0.5, 0.6) is 0 Å². The van der Waals surface area contributed by atoms with Crippen LogP contribution in [0, 0.1) is 0 Å². The molecule has 0 aliphatic carbocycles. The van der Waals surface area contributed by atoms with Gasteiger partial charge in [0, 0.05) is 19.1 Å². The average molecular weight is 290 g/mol. The summed E-state index contributed by atoms with van der Waals surface area (Å²) in [6, 6.07) is 9.56. The Kier molecular flexibility index (Phi) is 9.36. The van der Waals surface area contributed by atoms with Crippen LogP contribution >= 0.6 is 0 Å². The van der Waals surface area contributed by atoms with Gasteiger partial charge in [-0.05, 0) is 50.4 Å². The summed E-state index contributed by atoms with van der Waals surface area (Å²) in [5.41, 5.74) is 2.94. The van der Waals surface area contributed by atoms with Gasteiger partial charge in [-0.3, -0.25) is 4.90 Å². The first-order valence-corrected chi connectivity index (χ1v) is 8.74. The lowest BCUT2D eigenvalue weighted by Crippen LogP contribution is -2.33. The number of benzene rings is 1. The van der Waals surface area contributed by atoms with Crippen molar-refractivity contribution in [2.45, 2.75) is 72.5 Å². The van der Waals surface area contributed by atoms with Crippen molar-refractivity contribution in [1.29, 1.82) is 0 Å². The first-order valence-electron chi connectivity index (χ1n) is 8.74. The molecule has 0 fully saturated rings. The Morgan fingerprint density at radius 2 is 1.76 bits per heavy atom. The van der Waals surface area contributed by atoms with Crippen molar-refractivity contribution >= 4 is 0 Å². The molecule has 0 saturated carbocycles. The maximum atomic E-state index is 3.53. The third-order valence-electron chi connectivity index (χ3n) is 4.25. The molecule has 21 heavy (non-hydrogen) atoms. The monoisotopic (exact) mass is 290 g/mol. The molecule has 1 rings (SSSR count). The van der Waals surface area contributed by atoms with Crippen LogP contribution in [-0.4, -0.2) is 24.0 Å². The third-order valence-corrected chi connectivity index (χ3v) is 4.25. The Labute approximate surface area is 131 Å². The van der Waals surface area contributed by atoms with Gasteiger partial charge in [0.15, 0.2) is 0 Å². The van der Waals surface area contributed by atoms with E-state index < -0.39 is 0 Å². The molecular formula is C19H34N2. The van der Waals surface area contributed by atoms with Crippen LogP contribution < -0.4 is 5.32 Å². The molecule has 1 atom stereocenters. The summed E-state index contributed by atoms with van der Waals surface area (Å²) < 4.78 is 0. The Balaban J connectivity index is 2.72. The summed E-state index contributed by atoms with van der Waals surface area (Å²) in [6.45, 7) is 13.5. The quantitative estimate of drug-likeness (QED) is 0.600. The molecule has 1 unspecified atom stereocenters. The molecule has 0 heterocycles. The molecule has 0 amide bonds. The number of hydrogen-bond donors (Lipinski definition) is 1. The van der Waals surface area contributed by atoms with Gasteiger partial charge >= 0.3 is 0 Å². The molecular weight excluding hydrogens is 256 g/mol. The van der Waals surface area contributed by atoms with Crippen molar-refractivity contribution in [2.24, 2.45) is 0 Å². The van der Waals surface area contributed by atoms with Gasteiger partial charge in [0.2, 0.25) is 0 Å². The van der Waals surface area contributed by atoms with E-state index in [0.717, 1.165) is 19.6 Å². The fraction of sp³-hybridized carbons (Fsp3) is 0.684. The average Bonchev–Trinajstić information content (AvgIpc) is 2.52. The van der Waals surface area contributed by atoms with Crippen LogP contribution in [0.3, 0.4) is 0 Å².